The third-order valence-corrected chi connectivity index (χ3v) is 3.85. The Morgan fingerprint density at radius 3 is 2.60 bits per heavy atom. The first-order valence-corrected chi connectivity index (χ1v) is 6.71. The summed E-state index contributed by atoms with van der Waals surface area (Å²) in [5.74, 6) is 0. The standard InChI is InChI=1S/C14H11F3N2S/c1-9(13-3-2-6-20-13)19-11-4-5-12(14(15,16)17)10(7-11)8-18/h2-7,9,19H,1H3. The van der Waals surface area contributed by atoms with Gasteiger partial charge in [0.15, 0.2) is 0 Å². The van der Waals surface area contributed by atoms with Gasteiger partial charge in [-0.2, -0.15) is 18.4 Å². The second kappa shape index (κ2) is 5.55. The van der Waals surface area contributed by atoms with Gasteiger partial charge in [-0.25, -0.2) is 0 Å². The van der Waals surface area contributed by atoms with Crippen LogP contribution in [0.5, 0.6) is 0 Å². The van der Waals surface area contributed by atoms with Crippen molar-refractivity contribution in [3.8, 4) is 6.07 Å². The quantitative estimate of drug-likeness (QED) is 0.882. The largest absolute Gasteiger partial charge is 0.417 e. The maximum atomic E-state index is 12.7. The Morgan fingerprint density at radius 1 is 1.30 bits per heavy atom. The van der Waals surface area contributed by atoms with E-state index >= 15 is 0 Å². The molecule has 0 saturated heterocycles. The molecule has 0 amide bonds. The van der Waals surface area contributed by atoms with Crippen molar-refractivity contribution >= 4 is 17.0 Å². The van der Waals surface area contributed by atoms with Crippen LogP contribution >= 0.6 is 11.3 Å². The lowest BCUT2D eigenvalue weighted by molar-refractivity contribution is -0.137. The summed E-state index contributed by atoms with van der Waals surface area (Å²) in [5, 5.41) is 13.9. The van der Waals surface area contributed by atoms with Gasteiger partial charge in [-0.1, -0.05) is 6.07 Å². The van der Waals surface area contributed by atoms with Crippen molar-refractivity contribution in [2.45, 2.75) is 19.1 Å². The highest BCUT2D eigenvalue weighted by molar-refractivity contribution is 7.10. The smallest absolute Gasteiger partial charge is 0.378 e. The van der Waals surface area contributed by atoms with Crippen molar-refractivity contribution in [1.29, 1.82) is 5.26 Å². The molecule has 2 nitrogen and oxygen atoms in total. The van der Waals surface area contributed by atoms with Crippen LogP contribution in [0.25, 0.3) is 0 Å². The van der Waals surface area contributed by atoms with E-state index in [0.717, 1.165) is 10.9 Å². The SMILES string of the molecule is CC(Nc1ccc(C(F)(F)F)c(C#N)c1)c1cccs1. The van der Waals surface area contributed by atoms with Crippen LogP contribution in [0.3, 0.4) is 0 Å². The van der Waals surface area contributed by atoms with Crippen molar-refractivity contribution in [2.75, 3.05) is 5.32 Å². The van der Waals surface area contributed by atoms with E-state index in [1.54, 1.807) is 17.4 Å². The maximum absolute atomic E-state index is 12.7. The van der Waals surface area contributed by atoms with Crippen molar-refractivity contribution in [3.63, 3.8) is 0 Å². The normalized spacial score (nSPS) is 12.8. The predicted octanol–water partition coefficient (Wildman–Crippen LogP) is 4.81. The molecule has 0 radical (unpaired) electrons. The van der Waals surface area contributed by atoms with Gasteiger partial charge in [0.05, 0.1) is 23.2 Å². The van der Waals surface area contributed by atoms with Crippen LogP contribution in [-0.2, 0) is 6.18 Å². The number of thiophene rings is 1. The third kappa shape index (κ3) is 3.11. The number of nitrogens with zero attached hydrogens (tertiary/aromatic N) is 1. The molecule has 20 heavy (non-hydrogen) atoms. The molecule has 0 aliphatic rings. The van der Waals surface area contributed by atoms with Gasteiger partial charge in [-0.3, -0.25) is 0 Å². The van der Waals surface area contributed by atoms with Crippen molar-refractivity contribution in [2.24, 2.45) is 0 Å². The molecule has 0 spiro atoms. The van der Waals surface area contributed by atoms with Crippen LogP contribution in [0, 0.1) is 11.3 Å². The minimum absolute atomic E-state index is 0.0294. The zero-order valence-corrected chi connectivity index (χ0v) is 11.3. The molecule has 1 heterocycles. The molecular weight excluding hydrogens is 285 g/mol. The minimum Gasteiger partial charge on any atom is -0.378 e. The molecule has 0 saturated carbocycles. The van der Waals surface area contributed by atoms with E-state index in [4.69, 9.17) is 5.26 Å². The van der Waals surface area contributed by atoms with E-state index in [9.17, 15) is 13.2 Å². The first kappa shape index (κ1) is 14.4. The number of halogens is 3. The fourth-order valence-electron chi connectivity index (χ4n) is 1.83. The molecule has 1 aromatic carbocycles. The number of hydrogen-bond donors (Lipinski definition) is 1. The molecule has 0 bridgehead atoms. The van der Waals surface area contributed by atoms with Crippen molar-refractivity contribution in [3.05, 3.63) is 51.7 Å². The highest BCUT2D eigenvalue weighted by Gasteiger charge is 2.33. The van der Waals surface area contributed by atoms with Crippen LogP contribution < -0.4 is 5.32 Å². The van der Waals surface area contributed by atoms with Crippen molar-refractivity contribution < 1.29 is 13.2 Å². The molecule has 1 N–H and O–H groups in total. The summed E-state index contributed by atoms with van der Waals surface area (Å²) < 4.78 is 38.0. The lowest BCUT2D eigenvalue weighted by Gasteiger charge is -2.15. The third-order valence-electron chi connectivity index (χ3n) is 2.80. The number of nitriles is 1. The highest BCUT2D eigenvalue weighted by Crippen LogP contribution is 2.33. The van der Waals surface area contributed by atoms with Gasteiger partial charge in [-0.05, 0) is 36.6 Å². The first-order chi connectivity index (χ1) is 9.41. The molecule has 2 aromatic rings. The maximum Gasteiger partial charge on any atom is 0.417 e. The monoisotopic (exact) mass is 296 g/mol. The molecule has 1 atom stereocenters. The lowest BCUT2D eigenvalue weighted by Crippen LogP contribution is -2.10. The number of nitrogens with one attached hydrogen (secondary N) is 1. The topological polar surface area (TPSA) is 35.8 Å². The second-order valence-corrected chi connectivity index (χ2v) is 5.23. The predicted molar refractivity (Wildman–Crippen MR) is 72.5 cm³/mol. The van der Waals surface area contributed by atoms with Crippen LogP contribution in [-0.4, -0.2) is 0 Å². The lowest BCUT2D eigenvalue weighted by atomic mass is 10.1. The number of hydrogen-bond acceptors (Lipinski definition) is 3. The molecule has 0 aliphatic heterocycles. The zero-order valence-electron chi connectivity index (χ0n) is 10.5. The van der Waals surface area contributed by atoms with Gasteiger partial charge in [-0.15, -0.1) is 11.3 Å². The van der Waals surface area contributed by atoms with Crippen LogP contribution in [0.4, 0.5) is 18.9 Å². The summed E-state index contributed by atoms with van der Waals surface area (Å²) in [4.78, 5) is 1.07. The number of rotatable bonds is 3. The summed E-state index contributed by atoms with van der Waals surface area (Å²) in [6, 6.07) is 8.92. The molecular formula is C14H11F3N2S. The van der Waals surface area contributed by atoms with Crippen LogP contribution in [0.2, 0.25) is 0 Å². The number of alkyl halides is 3. The fourth-order valence-corrected chi connectivity index (χ4v) is 2.57. The highest BCUT2D eigenvalue weighted by atomic mass is 32.1. The minimum atomic E-state index is -4.51. The Morgan fingerprint density at radius 2 is 2.05 bits per heavy atom. The van der Waals surface area contributed by atoms with E-state index in [2.05, 4.69) is 5.32 Å². The fraction of sp³-hybridized carbons (Fsp3) is 0.214. The van der Waals surface area contributed by atoms with Crippen molar-refractivity contribution in [1.82, 2.24) is 0 Å². The van der Waals surface area contributed by atoms with Gasteiger partial charge in [0.25, 0.3) is 0 Å². The Labute approximate surface area is 118 Å². The second-order valence-electron chi connectivity index (χ2n) is 4.25. The summed E-state index contributed by atoms with van der Waals surface area (Å²) in [5.41, 5.74) is -0.786. The number of benzene rings is 1. The summed E-state index contributed by atoms with van der Waals surface area (Å²) in [7, 11) is 0. The average molecular weight is 296 g/mol. The van der Waals surface area contributed by atoms with Crippen LogP contribution in [0.1, 0.15) is 29.0 Å². The zero-order chi connectivity index (χ0) is 14.8. The van der Waals surface area contributed by atoms with E-state index in [1.165, 1.54) is 12.1 Å². The van der Waals surface area contributed by atoms with E-state index in [-0.39, 0.29) is 11.6 Å². The van der Waals surface area contributed by atoms with E-state index in [1.807, 2.05) is 24.4 Å². The Balaban J connectivity index is 2.25. The van der Waals surface area contributed by atoms with Gasteiger partial charge >= 0.3 is 6.18 Å². The van der Waals surface area contributed by atoms with Crippen LogP contribution in [0.15, 0.2) is 35.7 Å². The Bertz CT molecular complexity index is 627. The molecule has 2 rings (SSSR count). The van der Waals surface area contributed by atoms with E-state index in [0.29, 0.717) is 5.69 Å². The van der Waals surface area contributed by atoms with Gasteiger partial charge < -0.3 is 5.32 Å². The molecule has 1 unspecified atom stereocenters. The molecule has 0 fully saturated rings. The molecule has 6 heteroatoms. The number of anilines is 1. The van der Waals surface area contributed by atoms with E-state index < -0.39 is 11.7 Å². The average Bonchev–Trinajstić information content (AvgIpc) is 2.91. The molecule has 104 valence electrons. The van der Waals surface area contributed by atoms with Gasteiger partial charge in [0.2, 0.25) is 0 Å². The Kier molecular flexibility index (Phi) is 4.00. The molecule has 0 aliphatic carbocycles. The summed E-state index contributed by atoms with van der Waals surface area (Å²) >= 11 is 1.56. The summed E-state index contributed by atoms with van der Waals surface area (Å²) in [6.07, 6.45) is -4.51. The van der Waals surface area contributed by atoms with Gasteiger partial charge in [0.1, 0.15) is 0 Å². The first-order valence-electron chi connectivity index (χ1n) is 5.83. The summed E-state index contributed by atoms with van der Waals surface area (Å²) in [6.45, 7) is 1.91. The van der Waals surface area contributed by atoms with Gasteiger partial charge in [0, 0.05) is 10.6 Å². The Hall–Kier alpha value is -2.00. The molecule has 1 aromatic heterocycles.